The van der Waals surface area contributed by atoms with E-state index in [9.17, 15) is 0 Å². The van der Waals surface area contributed by atoms with Crippen molar-refractivity contribution < 1.29 is 8.94 Å². The van der Waals surface area contributed by atoms with Crippen molar-refractivity contribution in [1.29, 1.82) is 0 Å². The fourth-order valence-corrected chi connectivity index (χ4v) is 3.01. The summed E-state index contributed by atoms with van der Waals surface area (Å²) in [6.07, 6.45) is 5.45. The predicted octanol–water partition coefficient (Wildman–Crippen LogP) is 3.20. The first-order valence-electron chi connectivity index (χ1n) is 8.83. The molecule has 0 spiro atoms. The zero-order chi connectivity index (χ0) is 18.1. The van der Waals surface area contributed by atoms with E-state index in [1.54, 1.807) is 12.4 Å². The van der Waals surface area contributed by atoms with E-state index in [4.69, 9.17) is 8.94 Å². The number of anilines is 1. The summed E-state index contributed by atoms with van der Waals surface area (Å²) in [6, 6.07) is 4.34. The standard InChI is InChI=1S/C18H22N6O2/c1-18(2,3)16-21-22-17(25-16)24-9-5-7-13(11-24)15-20-14(23-26-15)12-6-4-8-19-10-12/h4,6,8,10,13H,5,7,9,11H2,1-3H3. The van der Waals surface area contributed by atoms with E-state index in [2.05, 4.69) is 51.0 Å². The van der Waals surface area contributed by atoms with Gasteiger partial charge in [-0.15, -0.1) is 5.10 Å². The van der Waals surface area contributed by atoms with Gasteiger partial charge in [-0.25, -0.2) is 0 Å². The highest BCUT2D eigenvalue weighted by molar-refractivity contribution is 5.52. The van der Waals surface area contributed by atoms with Gasteiger partial charge < -0.3 is 13.8 Å². The second-order valence-corrected chi connectivity index (χ2v) is 7.62. The van der Waals surface area contributed by atoms with Crippen LogP contribution in [0, 0.1) is 0 Å². The fraction of sp³-hybridized carbons (Fsp3) is 0.500. The van der Waals surface area contributed by atoms with Crippen LogP contribution < -0.4 is 4.90 Å². The van der Waals surface area contributed by atoms with Crippen molar-refractivity contribution in [3.05, 3.63) is 36.3 Å². The van der Waals surface area contributed by atoms with Crippen LogP contribution >= 0.6 is 0 Å². The Morgan fingerprint density at radius 1 is 1.23 bits per heavy atom. The van der Waals surface area contributed by atoms with Gasteiger partial charge in [0.1, 0.15) is 0 Å². The summed E-state index contributed by atoms with van der Waals surface area (Å²) in [4.78, 5) is 10.8. The summed E-state index contributed by atoms with van der Waals surface area (Å²) < 4.78 is 11.4. The Kier molecular flexibility index (Phi) is 4.18. The Labute approximate surface area is 151 Å². The Bertz CT molecular complexity index is 867. The quantitative estimate of drug-likeness (QED) is 0.708. The lowest BCUT2D eigenvalue weighted by molar-refractivity contribution is 0.326. The van der Waals surface area contributed by atoms with Crippen molar-refractivity contribution in [1.82, 2.24) is 25.3 Å². The Balaban J connectivity index is 1.51. The van der Waals surface area contributed by atoms with Crippen LogP contribution in [0.2, 0.25) is 0 Å². The highest BCUT2D eigenvalue weighted by Crippen LogP contribution is 2.31. The molecular formula is C18H22N6O2. The number of nitrogens with zero attached hydrogens (tertiary/aromatic N) is 6. The molecule has 8 nitrogen and oxygen atoms in total. The first-order valence-corrected chi connectivity index (χ1v) is 8.83. The molecule has 0 radical (unpaired) electrons. The molecule has 0 N–H and O–H groups in total. The van der Waals surface area contributed by atoms with Gasteiger partial charge in [-0.3, -0.25) is 4.98 Å². The van der Waals surface area contributed by atoms with Crippen molar-refractivity contribution in [2.75, 3.05) is 18.0 Å². The van der Waals surface area contributed by atoms with Crippen LogP contribution in [-0.4, -0.2) is 38.4 Å². The van der Waals surface area contributed by atoms with Crippen LogP contribution in [0.1, 0.15) is 51.3 Å². The molecule has 1 saturated heterocycles. The number of hydrogen-bond acceptors (Lipinski definition) is 8. The summed E-state index contributed by atoms with van der Waals surface area (Å²) in [6.45, 7) is 7.78. The molecule has 0 aliphatic carbocycles. The van der Waals surface area contributed by atoms with Crippen LogP contribution in [0.25, 0.3) is 11.4 Å². The van der Waals surface area contributed by atoms with Crippen molar-refractivity contribution in [3.63, 3.8) is 0 Å². The maximum absolute atomic E-state index is 5.88. The normalized spacial score (nSPS) is 18.3. The Morgan fingerprint density at radius 2 is 2.12 bits per heavy atom. The summed E-state index contributed by atoms with van der Waals surface area (Å²) in [5.74, 6) is 2.00. The van der Waals surface area contributed by atoms with Crippen LogP contribution in [-0.2, 0) is 5.41 Å². The van der Waals surface area contributed by atoms with Crippen LogP contribution in [0.3, 0.4) is 0 Å². The third kappa shape index (κ3) is 3.31. The van der Waals surface area contributed by atoms with Gasteiger partial charge in [-0.1, -0.05) is 31.0 Å². The number of pyridine rings is 1. The smallest absolute Gasteiger partial charge is 0.318 e. The van der Waals surface area contributed by atoms with Gasteiger partial charge in [-0.05, 0) is 25.0 Å². The lowest BCUT2D eigenvalue weighted by Gasteiger charge is -2.29. The largest absolute Gasteiger partial charge is 0.407 e. The highest BCUT2D eigenvalue weighted by Gasteiger charge is 2.30. The minimum absolute atomic E-state index is 0.145. The average Bonchev–Trinajstić information content (AvgIpc) is 3.32. The zero-order valence-corrected chi connectivity index (χ0v) is 15.2. The monoisotopic (exact) mass is 354 g/mol. The fourth-order valence-electron chi connectivity index (χ4n) is 3.01. The van der Waals surface area contributed by atoms with Crippen LogP contribution in [0.5, 0.6) is 0 Å². The van der Waals surface area contributed by atoms with Gasteiger partial charge in [0.25, 0.3) is 0 Å². The Morgan fingerprint density at radius 3 is 2.85 bits per heavy atom. The first-order chi connectivity index (χ1) is 12.5. The third-order valence-electron chi connectivity index (χ3n) is 4.46. The predicted molar refractivity (Wildman–Crippen MR) is 94.7 cm³/mol. The average molecular weight is 354 g/mol. The van der Waals surface area contributed by atoms with Crippen molar-refractivity contribution in [3.8, 4) is 11.4 Å². The third-order valence-corrected chi connectivity index (χ3v) is 4.46. The molecule has 0 aromatic carbocycles. The molecule has 26 heavy (non-hydrogen) atoms. The topological polar surface area (TPSA) is 94.0 Å². The summed E-state index contributed by atoms with van der Waals surface area (Å²) in [5, 5.41) is 12.5. The molecule has 1 unspecified atom stereocenters. The summed E-state index contributed by atoms with van der Waals surface area (Å²) >= 11 is 0. The SMILES string of the molecule is CC(C)(C)c1nnc(N2CCCC(c3nc(-c4cccnc4)no3)C2)o1. The summed E-state index contributed by atoms with van der Waals surface area (Å²) in [7, 11) is 0. The van der Waals surface area contributed by atoms with E-state index in [1.165, 1.54) is 0 Å². The van der Waals surface area contributed by atoms with E-state index < -0.39 is 0 Å². The summed E-state index contributed by atoms with van der Waals surface area (Å²) in [5.41, 5.74) is 0.688. The molecule has 1 atom stereocenters. The van der Waals surface area contributed by atoms with Gasteiger partial charge in [0, 0.05) is 36.5 Å². The first kappa shape index (κ1) is 16.7. The van der Waals surface area contributed by atoms with Gasteiger partial charge >= 0.3 is 6.01 Å². The molecule has 4 rings (SSSR count). The molecule has 8 heteroatoms. The Hall–Kier alpha value is -2.77. The molecule has 0 saturated carbocycles. The van der Waals surface area contributed by atoms with Gasteiger partial charge in [0.05, 0.1) is 5.92 Å². The second kappa shape index (κ2) is 6.51. The van der Waals surface area contributed by atoms with E-state index >= 15 is 0 Å². The van der Waals surface area contributed by atoms with E-state index in [-0.39, 0.29) is 11.3 Å². The number of piperidine rings is 1. The lowest BCUT2D eigenvalue weighted by atomic mass is 9.97. The molecule has 3 aromatic rings. The van der Waals surface area contributed by atoms with Crippen molar-refractivity contribution in [2.24, 2.45) is 0 Å². The maximum atomic E-state index is 5.88. The second-order valence-electron chi connectivity index (χ2n) is 7.62. The van der Waals surface area contributed by atoms with Crippen LogP contribution in [0.4, 0.5) is 6.01 Å². The molecule has 0 amide bonds. The molecule has 1 aliphatic heterocycles. The minimum atomic E-state index is -0.161. The molecule has 0 bridgehead atoms. The lowest BCUT2D eigenvalue weighted by Crippen LogP contribution is -2.34. The number of aromatic nitrogens is 5. The molecular weight excluding hydrogens is 332 g/mol. The van der Waals surface area contributed by atoms with Crippen molar-refractivity contribution in [2.45, 2.75) is 44.9 Å². The number of rotatable bonds is 3. The van der Waals surface area contributed by atoms with E-state index in [1.807, 2.05) is 12.1 Å². The number of hydrogen-bond donors (Lipinski definition) is 0. The minimum Gasteiger partial charge on any atom is -0.407 e. The zero-order valence-electron chi connectivity index (χ0n) is 15.2. The molecule has 136 valence electrons. The molecule has 4 heterocycles. The van der Waals surface area contributed by atoms with Gasteiger partial charge in [-0.2, -0.15) is 4.98 Å². The highest BCUT2D eigenvalue weighted by atomic mass is 16.5. The molecule has 1 fully saturated rings. The van der Waals surface area contributed by atoms with Gasteiger partial charge in [0.2, 0.25) is 17.6 Å². The van der Waals surface area contributed by atoms with E-state index in [0.29, 0.717) is 23.6 Å². The molecule has 1 aliphatic rings. The van der Waals surface area contributed by atoms with E-state index in [0.717, 1.165) is 31.5 Å². The van der Waals surface area contributed by atoms with Crippen molar-refractivity contribution >= 4 is 6.01 Å². The maximum Gasteiger partial charge on any atom is 0.318 e. The molecule has 3 aromatic heterocycles. The van der Waals surface area contributed by atoms with Crippen LogP contribution in [0.15, 0.2) is 33.5 Å². The van der Waals surface area contributed by atoms with Gasteiger partial charge in [0.15, 0.2) is 0 Å².